The molecule has 5 nitrogen and oxygen atoms in total. The molecule has 1 aromatic carbocycles. The molecule has 1 saturated heterocycles. The first kappa shape index (κ1) is 12.2. The molecule has 1 unspecified atom stereocenters. The van der Waals surface area contributed by atoms with Crippen molar-refractivity contribution in [3.8, 4) is 11.4 Å². The van der Waals surface area contributed by atoms with E-state index in [0.29, 0.717) is 6.04 Å². The molecule has 1 aliphatic rings. The SMILES string of the molecule is CN1CCC(Nc2ccccc2-c2nncn2C)C1. The van der Waals surface area contributed by atoms with Crippen molar-refractivity contribution in [2.75, 3.05) is 25.5 Å². The average Bonchev–Trinajstić information content (AvgIpc) is 2.99. The normalized spacial score (nSPS) is 19.8. The predicted octanol–water partition coefficient (Wildman–Crippen LogP) is 1.60. The van der Waals surface area contributed by atoms with Crippen molar-refractivity contribution in [1.82, 2.24) is 19.7 Å². The molecule has 0 radical (unpaired) electrons. The van der Waals surface area contributed by atoms with Gasteiger partial charge in [0.05, 0.1) is 0 Å². The Hall–Kier alpha value is -1.88. The number of benzene rings is 1. The fraction of sp³-hybridized carbons (Fsp3) is 0.429. The molecular formula is C14H19N5. The second-order valence-corrected chi connectivity index (χ2v) is 5.20. The summed E-state index contributed by atoms with van der Waals surface area (Å²) in [6.07, 6.45) is 2.92. The van der Waals surface area contributed by atoms with E-state index in [4.69, 9.17) is 0 Å². The van der Waals surface area contributed by atoms with Crippen molar-refractivity contribution >= 4 is 5.69 Å². The Labute approximate surface area is 113 Å². The van der Waals surface area contributed by atoms with Crippen LogP contribution in [0.5, 0.6) is 0 Å². The third kappa shape index (κ3) is 2.46. The van der Waals surface area contributed by atoms with Gasteiger partial charge in [-0.25, -0.2) is 0 Å². The standard InChI is InChI=1S/C14H19N5/c1-18-8-7-11(9-18)16-13-6-4-3-5-12(13)14-17-15-10-19(14)2/h3-6,10-11,16H,7-9H2,1-2H3. The lowest BCUT2D eigenvalue weighted by Crippen LogP contribution is -2.23. The highest BCUT2D eigenvalue weighted by molar-refractivity contribution is 5.73. The molecule has 19 heavy (non-hydrogen) atoms. The molecule has 0 spiro atoms. The monoisotopic (exact) mass is 257 g/mol. The van der Waals surface area contributed by atoms with Crippen LogP contribution in [0.15, 0.2) is 30.6 Å². The van der Waals surface area contributed by atoms with Crippen LogP contribution in [0, 0.1) is 0 Å². The summed E-state index contributed by atoms with van der Waals surface area (Å²) in [4.78, 5) is 2.35. The fourth-order valence-corrected chi connectivity index (χ4v) is 2.60. The van der Waals surface area contributed by atoms with Crippen molar-refractivity contribution in [3.05, 3.63) is 30.6 Å². The van der Waals surface area contributed by atoms with Crippen molar-refractivity contribution in [2.45, 2.75) is 12.5 Å². The highest BCUT2D eigenvalue weighted by atomic mass is 15.2. The second kappa shape index (κ2) is 5.01. The van der Waals surface area contributed by atoms with Gasteiger partial charge in [0.1, 0.15) is 6.33 Å². The van der Waals surface area contributed by atoms with Crippen LogP contribution in [0.2, 0.25) is 0 Å². The van der Waals surface area contributed by atoms with Gasteiger partial charge in [-0.2, -0.15) is 0 Å². The molecule has 2 heterocycles. The van der Waals surface area contributed by atoms with Gasteiger partial charge in [-0.1, -0.05) is 12.1 Å². The first-order chi connectivity index (χ1) is 9.24. The van der Waals surface area contributed by atoms with E-state index in [0.717, 1.165) is 30.2 Å². The molecule has 0 saturated carbocycles. The van der Waals surface area contributed by atoms with Gasteiger partial charge < -0.3 is 14.8 Å². The first-order valence-corrected chi connectivity index (χ1v) is 6.62. The molecule has 0 bridgehead atoms. The lowest BCUT2D eigenvalue weighted by molar-refractivity contribution is 0.414. The minimum Gasteiger partial charge on any atom is -0.380 e. The molecule has 1 aliphatic heterocycles. The quantitative estimate of drug-likeness (QED) is 0.907. The number of likely N-dealkylation sites (N-methyl/N-ethyl adjacent to an activating group) is 1. The third-order valence-electron chi connectivity index (χ3n) is 3.63. The van der Waals surface area contributed by atoms with Gasteiger partial charge in [-0.15, -0.1) is 10.2 Å². The summed E-state index contributed by atoms with van der Waals surface area (Å²) >= 11 is 0. The Morgan fingerprint density at radius 3 is 2.79 bits per heavy atom. The molecule has 1 fully saturated rings. The molecule has 1 aromatic heterocycles. The van der Waals surface area contributed by atoms with Gasteiger partial charge in [0.2, 0.25) is 0 Å². The van der Waals surface area contributed by atoms with Gasteiger partial charge in [0.15, 0.2) is 5.82 Å². The molecule has 3 rings (SSSR count). The Bertz CT molecular complexity index is 562. The van der Waals surface area contributed by atoms with Gasteiger partial charge >= 0.3 is 0 Å². The number of nitrogens with zero attached hydrogens (tertiary/aromatic N) is 4. The van der Waals surface area contributed by atoms with Crippen LogP contribution in [-0.2, 0) is 7.05 Å². The Balaban J connectivity index is 1.88. The number of likely N-dealkylation sites (tertiary alicyclic amines) is 1. The molecular weight excluding hydrogens is 238 g/mol. The molecule has 0 amide bonds. The maximum Gasteiger partial charge on any atom is 0.165 e. The maximum absolute atomic E-state index is 4.20. The van der Waals surface area contributed by atoms with Crippen LogP contribution >= 0.6 is 0 Å². The number of hydrogen-bond acceptors (Lipinski definition) is 4. The number of rotatable bonds is 3. The van der Waals surface area contributed by atoms with Crippen molar-refractivity contribution in [1.29, 1.82) is 0 Å². The third-order valence-corrected chi connectivity index (χ3v) is 3.63. The number of anilines is 1. The summed E-state index contributed by atoms with van der Waals surface area (Å²) in [5, 5.41) is 11.8. The predicted molar refractivity (Wildman–Crippen MR) is 76.0 cm³/mol. The number of aryl methyl sites for hydroxylation is 1. The smallest absolute Gasteiger partial charge is 0.165 e. The largest absolute Gasteiger partial charge is 0.380 e. The zero-order valence-electron chi connectivity index (χ0n) is 11.4. The van der Waals surface area contributed by atoms with E-state index in [-0.39, 0.29) is 0 Å². The number of hydrogen-bond donors (Lipinski definition) is 1. The zero-order chi connectivity index (χ0) is 13.2. The van der Waals surface area contributed by atoms with E-state index in [1.165, 1.54) is 6.42 Å². The molecule has 5 heteroatoms. The van der Waals surface area contributed by atoms with E-state index in [9.17, 15) is 0 Å². The van der Waals surface area contributed by atoms with Gasteiger partial charge in [0, 0.05) is 30.9 Å². The maximum atomic E-state index is 4.20. The van der Waals surface area contributed by atoms with Gasteiger partial charge in [0.25, 0.3) is 0 Å². The zero-order valence-corrected chi connectivity index (χ0v) is 11.4. The van der Waals surface area contributed by atoms with E-state index in [1.807, 2.05) is 17.7 Å². The Morgan fingerprint density at radius 1 is 1.26 bits per heavy atom. The summed E-state index contributed by atoms with van der Waals surface area (Å²) in [5.41, 5.74) is 2.25. The lowest BCUT2D eigenvalue weighted by atomic mass is 10.1. The molecule has 2 aromatic rings. The van der Waals surface area contributed by atoms with Crippen LogP contribution in [0.25, 0.3) is 11.4 Å². The summed E-state index contributed by atoms with van der Waals surface area (Å²) in [5.74, 6) is 0.898. The van der Waals surface area contributed by atoms with Crippen LogP contribution in [-0.4, -0.2) is 45.8 Å². The summed E-state index contributed by atoms with van der Waals surface area (Å²) < 4.78 is 1.95. The average molecular weight is 257 g/mol. The number of nitrogens with one attached hydrogen (secondary N) is 1. The lowest BCUT2D eigenvalue weighted by Gasteiger charge is -2.17. The van der Waals surface area contributed by atoms with Crippen molar-refractivity contribution < 1.29 is 0 Å². The summed E-state index contributed by atoms with van der Waals surface area (Å²) in [7, 11) is 4.13. The molecule has 1 atom stereocenters. The minimum absolute atomic E-state index is 0.513. The van der Waals surface area contributed by atoms with Crippen molar-refractivity contribution in [2.24, 2.45) is 7.05 Å². The topological polar surface area (TPSA) is 46.0 Å². The summed E-state index contributed by atoms with van der Waals surface area (Å²) in [6, 6.07) is 8.81. The fourth-order valence-electron chi connectivity index (χ4n) is 2.60. The van der Waals surface area contributed by atoms with Crippen LogP contribution in [0.3, 0.4) is 0 Å². The van der Waals surface area contributed by atoms with E-state index in [1.54, 1.807) is 6.33 Å². The first-order valence-electron chi connectivity index (χ1n) is 6.62. The minimum atomic E-state index is 0.513. The Morgan fingerprint density at radius 2 is 2.11 bits per heavy atom. The second-order valence-electron chi connectivity index (χ2n) is 5.20. The molecule has 0 aliphatic carbocycles. The van der Waals surface area contributed by atoms with E-state index in [2.05, 4.69) is 45.7 Å². The Kier molecular flexibility index (Phi) is 3.21. The van der Waals surface area contributed by atoms with E-state index < -0.39 is 0 Å². The van der Waals surface area contributed by atoms with E-state index >= 15 is 0 Å². The van der Waals surface area contributed by atoms with Crippen LogP contribution < -0.4 is 5.32 Å². The highest BCUT2D eigenvalue weighted by Crippen LogP contribution is 2.27. The molecule has 100 valence electrons. The molecule has 1 N–H and O–H groups in total. The van der Waals surface area contributed by atoms with Gasteiger partial charge in [-0.3, -0.25) is 0 Å². The van der Waals surface area contributed by atoms with Crippen LogP contribution in [0.1, 0.15) is 6.42 Å². The van der Waals surface area contributed by atoms with Crippen molar-refractivity contribution in [3.63, 3.8) is 0 Å². The summed E-state index contributed by atoms with van der Waals surface area (Å²) in [6.45, 7) is 2.25. The number of aromatic nitrogens is 3. The van der Waals surface area contributed by atoms with Gasteiger partial charge in [-0.05, 0) is 32.1 Å². The van der Waals surface area contributed by atoms with Crippen LogP contribution in [0.4, 0.5) is 5.69 Å². The number of para-hydroxylation sites is 1. The highest BCUT2D eigenvalue weighted by Gasteiger charge is 2.20.